The molecule has 132 valence electrons. The molecule has 0 radical (unpaired) electrons. The highest BCUT2D eigenvalue weighted by atomic mass is 16.5. The number of nitrogens with one attached hydrogen (secondary N) is 2. The molecule has 2 rings (SSSR count). The predicted molar refractivity (Wildman–Crippen MR) is 99.1 cm³/mol. The summed E-state index contributed by atoms with van der Waals surface area (Å²) in [5.41, 5.74) is 3.17. The highest BCUT2D eigenvalue weighted by Crippen LogP contribution is 2.23. The van der Waals surface area contributed by atoms with Gasteiger partial charge in [-0.15, -0.1) is 0 Å². The number of aryl methyl sites for hydroxylation is 2. The number of anilines is 1. The van der Waals surface area contributed by atoms with Crippen LogP contribution in [-0.2, 0) is 4.79 Å². The first kappa shape index (κ1) is 18.5. The van der Waals surface area contributed by atoms with Crippen LogP contribution < -0.4 is 15.4 Å². The number of ether oxygens (including phenoxy) is 1. The predicted octanol–water partition coefficient (Wildman–Crippen LogP) is 3.46. The Balaban J connectivity index is 1.93. The van der Waals surface area contributed by atoms with Crippen LogP contribution in [0.25, 0.3) is 0 Å². The molecule has 0 atom stereocenters. The van der Waals surface area contributed by atoms with Crippen LogP contribution in [0, 0.1) is 13.8 Å². The van der Waals surface area contributed by atoms with E-state index in [1.54, 1.807) is 24.3 Å². The second-order valence-electron chi connectivity index (χ2n) is 5.95. The van der Waals surface area contributed by atoms with Crippen LogP contribution in [0.3, 0.4) is 0 Å². The molecule has 0 spiro atoms. The van der Waals surface area contributed by atoms with Crippen LogP contribution in [0.4, 0.5) is 5.69 Å². The average molecular weight is 340 g/mol. The summed E-state index contributed by atoms with van der Waals surface area (Å²) >= 11 is 0. The minimum absolute atomic E-state index is 0.103. The third kappa shape index (κ3) is 5.64. The minimum Gasteiger partial charge on any atom is -0.491 e. The molecule has 0 aliphatic rings. The largest absolute Gasteiger partial charge is 0.491 e. The lowest BCUT2D eigenvalue weighted by atomic mass is 10.1. The lowest BCUT2D eigenvalue weighted by molar-refractivity contribution is -0.115. The Hall–Kier alpha value is -2.82. The summed E-state index contributed by atoms with van der Waals surface area (Å²) in [4.78, 5) is 24.3. The first-order valence-electron chi connectivity index (χ1n) is 8.37. The van der Waals surface area contributed by atoms with Gasteiger partial charge in [-0.2, -0.15) is 0 Å². The van der Waals surface area contributed by atoms with E-state index in [2.05, 4.69) is 10.6 Å². The van der Waals surface area contributed by atoms with Gasteiger partial charge < -0.3 is 15.4 Å². The van der Waals surface area contributed by atoms with Crippen molar-refractivity contribution in [1.82, 2.24) is 5.32 Å². The van der Waals surface area contributed by atoms with Gasteiger partial charge in [-0.05, 0) is 44.5 Å². The number of hydrogen-bond donors (Lipinski definition) is 2. The quantitative estimate of drug-likeness (QED) is 0.811. The first-order chi connectivity index (χ1) is 12.0. The molecule has 0 heterocycles. The van der Waals surface area contributed by atoms with Gasteiger partial charge in [0.1, 0.15) is 5.75 Å². The highest BCUT2D eigenvalue weighted by molar-refractivity contribution is 6.00. The summed E-state index contributed by atoms with van der Waals surface area (Å²) in [5, 5.41) is 5.41. The average Bonchev–Trinajstić information content (AvgIpc) is 2.58. The third-order valence-electron chi connectivity index (χ3n) is 3.52. The van der Waals surface area contributed by atoms with Crippen molar-refractivity contribution in [3.63, 3.8) is 0 Å². The highest BCUT2D eigenvalue weighted by Gasteiger charge is 2.11. The first-order valence-corrected chi connectivity index (χ1v) is 8.37. The van der Waals surface area contributed by atoms with Gasteiger partial charge in [0, 0.05) is 5.56 Å². The molecule has 5 nitrogen and oxygen atoms in total. The molecule has 0 aromatic heterocycles. The van der Waals surface area contributed by atoms with E-state index in [1.807, 2.05) is 39.0 Å². The molecular formula is C20H24N2O3. The van der Waals surface area contributed by atoms with E-state index in [9.17, 15) is 9.59 Å². The van der Waals surface area contributed by atoms with E-state index < -0.39 is 0 Å². The molecule has 2 N–H and O–H groups in total. The third-order valence-corrected chi connectivity index (χ3v) is 3.52. The van der Waals surface area contributed by atoms with Gasteiger partial charge in [0.25, 0.3) is 5.91 Å². The monoisotopic (exact) mass is 340 g/mol. The van der Waals surface area contributed by atoms with Crippen LogP contribution >= 0.6 is 0 Å². The Labute approximate surface area is 148 Å². The summed E-state index contributed by atoms with van der Waals surface area (Å²) in [6, 6.07) is 12.8. The molecule has 2 amide bonds. The van der Waals surface area contributed by atoms with Crippen molar-refractivity contribution >= 4 is 17.5 Å². The molecule has 0 fully saturated rings. The van der Waals surface area contributed by atoms with Crippen LogP contribution in [0.1, 0.15) is 34.8 Å². The van der Waals surface area contributed by atoms with E-state index in [1.165, 1.54) is 0 Å². The van der Waals surface area contributed by atoms with Crippen molar-refractivity contribution in [1.29, 1.82) is 0 Å². The Bertz CT molecular complexity index is 736. The molecular weight excluding hydrogens is 316 g/mol. The molecule has 25 heavy (non-hydrogen) atoms. The lowest BCUT2D eigenvalue weighted by Gasteiger charge is -2.12. The zero-order valence-corrected chi connectivity index (χ0v) is 14.9. The number of amides is 2. The van der Waals surface area contributed by atoms with Crippen molar-refractivity contribution in [2.45, 2.75) is 27.2 Å². The molecule has 0 aliphatic carbocycles. The molecule has 0 saturated heterocycles. The van der Waals surface area contributed by atoms with Gasteiger partial charge in [-0.1, -0.05) is 36.2 Å². The fourth-order valence-electron chi connectivity index (χ4n) is 2.47. The zero-order valence-electron chi connectivity index (χ0n) is 14.9. The maximum Gasteiger partial charge on any atom is 0.251 e. The van der Waals surface area contributed by atoms with Crippen LogP contribution in [0.2, 0.25) is 0 Å². The Morgan fingerprint density at radius 1 is 1.04 bits per heavy atom. The maximum absolute atomic E-state index is 12.2. The molecule has 5 heteroatoms. The normalized spacial score (nSPS) is 10.2. The second kappa shape index (κ2) is 8.87. The molecule has 0 unspecified atom stereocenters. The molecule has 0 aliphatic heterocycles. The standard InChI is InChI=1S/C20H24N2O3/c1-4-9-25-18-8-6-5-7-17(18)22-19(23)13-21-20(24)16-11-14(2)10-15(3)12-16/h5-8,10-12H,4,9,13H2,1-3H3,(H,21,24)(H,22,23). The van der Waals surface area contributed by atoms with E-state index in [4.69, 9.17) is 4.74 Å². The maximum atomic E-state index is 12.2. The number of hydrogen-bond acceptors (Lipinski definition) is 3. The number of rotatable bonds is 7. The Morgan fingerprint density at radius 3 is 2.40 bits per heavy atom. The van der Waals surface area contributed by atoms with Gasteiger partial charge in [0.15, 0.2) is 0 Å². The van der Waals surface area contributed by atoms with Gasteiger partial charge in [-0.25, -0.2) is 0 Å². The van der Waals surface area contributed by atoms with Gasteiger partial charge >= 0.3 is 0 Å². The van der Waals surface area contributed by atoms with Crippen molar-refractivity contribution in [2.24, 2.45) is 0 Å². The Morgan fingerprint density at radius 2 is 1.72 bits per heavy atom. The minimum atomic E-state index is -0.301. The molecule has 0 bridgehead atoms. The number of carbonyl (C=O) groups excluding carboxylic acids is 2. The molecule has 2 aromatic carbocycles. The van der Waals surface area contributed by atoms with Crippen LogP contribution in [0.5, 0.6) is 5.75 Å². The summed E-state index contributed by atoms with van der Waals surface area (Å²) in [6.07, 6.45) is 0.883. The Kier molecular flexibility index (Phi) is 6.57. The number of carbonyl (C=O) groups is 2. The molecule has 0 saturated carbocycles. The van der Waals surface area contributed by atoms with Gasteiger partial charge in [0.05, 0.1) is 18.8 Å². The van der Waals surface area contributed by atoms with E-state index in [0.29, 0.717) is 23.6 Å². The fraction of sp³-hybridized carbons (Fsp3) is 0.300. The van der Waals surface area contributed by atoms with E-state index in [-0.39, 0.29) is 18.4 Å². The SMILES string of the molecule is CCCOc1ccccc1NC(=O)CNC(=O)c1cc(C)cc(C)c1. The molecule has 2 aromatic rings. The summed E-state index contributed by atoms with van der Waals surface area (Å²) in [5.74, 6) is 0.0566. The van der Waals surface area contributed by atoms with E-state index >= 15 is 0 Å². The smallest absolute Gasteiger partial charge is 0.251 e. The fourth-order valence-corrected chi connectivity index (χ4v) is 2.47. The van der Waals surface area contributed by atoms with E-state index in [0.717, 1.165) is 17.5 Å². The van der Waals surface area contributed by atoms with Crippen molar-refractivity contribution < 1.29 is 14.3 Å². The summed E-state index contributed by atoms with van der Waals surface area (Å²) in [6.45, 7) is 6.36. The zero-order chi connectivity index (χ0) is 18.2. The van der Waals surface area contributed by atoms with Crippen molar-refractivity contribution in [2.75, 3.05) is 18.5 Å². The second-order valence-corrected chi connectivity index (χ2v) is 5.95. The van der Waals surface area contributed by atoms with Crippen LogP contribution in [-0.4, -0.2) is 25.0 Å². The van der Waals surface area contributed by atoms with Crippen molar-refractivity contribution in [3.8, 4) is 5.75 Å². The van der Waals surface area contributed by atoms with Gasteiger partial charge in [0.2, 0.25) is 5.91 Å². The summed E-state index contributed by atoms with van der Waals surface area (Å²) in [7, 11) is 0. The number of benzene rings is 2. The van der Waals surface area contributed by atoms with Crippen LogP contribution in [0.15, 0.2) is 42.5 Å². The lowest BCUT2D eigenvalue weighted by Crippen LogP contribution is -2.33. The van der Waals surface area contributed by atoms with Crippen molar-refractivity contribution in [3.05, 3.63) is 59.2 Å². The topological polar surface area (TPSA) is 67.4 Å². The van der Waals surface area contributed by atoms with Gasteiger partial charge in [-0.3, -0.25) is 9.59 Å². The summed E-state index contributed by atoms with van der Waals surface area (Å²) < 4.78 is 5.61. The number of para-hydroxylation sites is 2.